The van der Waals surface area contributed by atoms with Crippen LogP contribution in [-0.4, -0.2) is 13.0 Å². The molecule has 0 bridgehead atoms. The average Bonchev–Trinajstić information content (AvgIpc) is 2.33. The summed E-state index contributed by atoms with van der Waals surface area (Å²) in [5.41, 5.74) is 10.6. The molecular formula is C13H18F2N2O2. The Balaban J connectivity index is 2.66. The predicted octanol–water partition coefficient (Wildman–Crippen LogP) is 2.02. The summed E-state index contributed by atoms with van der Waals surface area (Å²) >= 11 is 0. The molecule has 0 radical (unpaired) electrons. The largest absolute Gasteiger partial charge is 0.497 e. The lowest BCUT2D eigenvalue weighted by Crippen LogP contribution is -2.15. The lowest BCUT2D eigenvalue weighted by molar-refractivity contribution is -0.118. The van der Waals surface area contributed by atoms with E-state index < -0.39 is 23.6 Å². The number of hydrogen-bond donors (Lipinski definition) is 2. The Morgan fingerprint density at radius 1 is 1.32 bits per heavy atom. The fourth-order valence-electron chi connectivity index (χ4n) is 1.84. The second-order valence-corrected chi connectivity index (χ2v) is 4.32. The Hall–Kier alpha value is -1.69. The zero-order chi connectivity index (χ0) is 14.4. The SMILES string of the molecule is COc1cc(F)c(C(N)CCCCC(N)=O)c(F)c1. The molecule has 4 nitrogen and oxygen atoms in total. The van der Waals surface area contributed by atoms with Crippen LogP contribution in [0.4, 0.5) is 8.78 Å². The van der Waals surface area contributed by atoms with Crippen LogP contribution < -0.4 is 16.2 Å². The molecule has 0 fully saturated rings. The molecule has 0 aromatic heterocycles. The third kappa shape index (κ3) is 4.48. The van der Waals surface area contributed by atoms with E-state index in [-0.39, 0.29) is 17.7 Å². The number of rotatable bonds is 7. The van der Waals surface area contributed by atoms with Crippen molar-refractivity contribution in [3.05, 3.63) is 29.3 Å². The van der Waals surface area contributed by atoms with Crippen molar-refractivity contribution in [1.29, 1.82) is 0 Å². The zero-order valence-electron chi connectivity index (χ0n) is 10.8. The highest BCUT2D eigenvalue weighted by molar-refractivity contribution is 5.73. The highest BCUT2D eigenvalue weighted by Gasteiger charge is 2.18. The summed E-state index contributed by atoms with van der Waals surface area (Å²) in [7, 11) is 1.33. The summed E-state index contributed by atoms with van der Waals surface area (Å²) in [6.45, 7) is 0. The molecule has 1 unspecified atom stereocenters. The van der Waals surface area contributed by atoms with Crippen LogP contribution in [0.5, 0.6) is 5.75 Å². The first-order valence-electron chi connectivity index (χ1n) is 6.02. The van der Waals surface area contributed by atoms with Gasteiger partial charge in [-0.3, -0.25) is 4.79 Å². The predicted molar refractivity (Wildman–Crippen MR) is 67.5 cm³/mol. The van der Waals surface area contributed by atoms with Crippen molar-refractivity contribution >= 4 is 5.91 Å². The van der Waals surface area contributed by atoms with E-state index in [1.807, 2.05) is 0 Å². The molecule has 1 aromatic rings. The number of halogens is 2. The summed E-state index contributed by atoms with van der Waals surface area (Å²) in [6.07, 6.45) is 1.77. The molecule has 6 heteroatoms. The topological polar surface area (TPSA) is 78.3 Å². The van der Waals surface area contributed by atoms with Crippen LogP contribution in [-0.2, 0) is 4.79 Å². The summed E-state index contributed by atoms with van der Waals surface area (Å²) in [6, 6.07) is 1.45. The first-order valence-corrected chi connectivity index (χ1v) is 6.02. The molecule has 0 aliphatic heterocycles. The number of nitrogens with two attached hydrogens (primary N) is 2. The van der Waals surface area contributed by atoms with Crippen molar-refractivity contribution in [1.82, 2.24) is 0 Å². The minimum atomic E-state index is -0.751. The molecule has 19 heavy (non-hydrogen) atoms. The number of methoxy groups -OCH3 is 1. The van der Waals surface area contributed by atoms with Crippen LogP contribution in [0, 0.1) is 11.6 Å². The number of unbranched alkanes of at least 4 members (excludes halogenated alkanes) is 1. The van der Waals surface area contributed by atoms with Gasteiger partial charge < -0.3 is 16.2 Å². The van der Waals surface area contributed by atoms with Gasteiger partial charge in [0.15, 0.2) is 0 Å². The highest BCUT2D eigenvalue weighted by atomic mass is 19.1. The first-order chi connectivity index (χ1) is 8.95. The number of amides is 1. The van der Waals surface area contributed by atoms with Crippen LogP contribution in [0.25, 0.3) is 0 Å². The fraction of sp³-hybridized carbons (Fsp3) is 0.462. The number of ether oxygens (including phenoxy) is 1. The number of carbonyl (C=O) groups excluding carboxylic acids is 1. The molecule has 0 aliphatic rings. The third-order valence-electron chi connectivity index (χ3n) is 2.85. The van der Waals surface area contributed by atoms with Gasteiger partial charge in [-0.25, -0.2) is 8.78 Å². The van der Waals surface area contributed by atoms with Gasteiger partial charge in [0.05, 0.1) is 7.11 Å². The number of primary amides is 1. The maximum absolute atomic E-state index is 13.7. The number of hydrogen-bond acceptors (Lipinski definition) is 3. The van der Waals surface area contributed by atoms with Gasteiger partial charge in [0.25, 0.3) is 0 Å². The van der Waals surface area contributed by atoms with E-state index in [1.54, 1.807) is 0 Å². The molecule has 1 amide bonds. The summed E-state index contributed by atoms with van der Waals surface area (Å²) in [5.74, 6) is -1.73. The van der Waals surface area contributed by atoms with Gasteiger partial charge in [0, 0.05) is 30.2 Å². The molecule has 0 saturated carbocycles. The molecule has 1 rings (SSSR count). The highest BCUT2D eigenvalue weighted by Crippen LogP contribution is 2.27. The van der Waals surface area contributed by atoms with E-state index in [4.69, 9.17) is 16.2 Å². The van der Waals surface area contributed by atoms with Crippen LogP contribution in [0.1, 0.15) is 37.3 Å². The van der Waals surface area contributed by atoms with Gasteiger partial charge >= 0.3 is 0 Å². The average molecular weight is 272 g/mol. The van der Waals surface area contributed by atoms with Gasteiger partial charge in [0.1, 0.15) is 17.4 Å². The zero-order valence-corrected chi connectivity index (χ0v) is 10.8. The number of benzene rings is 1. The molecule has 1 aromatic carbocycles. The van der Waals surface area contributed by atoms with Gasteiger partial charge in [-0.05, 0) is 12.8 Å². The van der Waals surface area contributed by atoms with E-state index >= 15 is 0 Å². The second kappa shape index (κ2) is 7.04. The molecule has 0 spiro atoms. The van der Waals surface area contributed by atoms with Gasteiger partial charge in [0.2, 0.25) is 5.91 Å². The fourth-order valence-corrected chi connectivity index (χ4v) is 1.84. The van der Waals surface area contributed by atoms with Crippen molar-refractivity contribution in [3.8, 4) is 5.75 Å². The second-order valence-electron chi connectivity index (χ2n) is 4.32. The maximum atomic E-state index is 13.7. The Morgan fingerprint density at radius 2 is 1.89 bits per heavy atom. The number of carbonyl (C=O) groups is 1. The molecule has 4 N–H and O–H groups in total. The normalized spacial score (nSPS) is 12.2. The van der Waals surface area contributed by atoms with Crippen LogP contribution >= 0.6 is 0 Å². The van der Waals surface area contributed by atoms with Crippen molar-refractivity contribution in [2.24, 2.45) is 11.5 Å². The Labute approximate surface area is 110 Å². The lowest BCUT2D eigenvalue weighted by Gasteiger charge is -2.14. The minimum absolute atomic E-state index is 0.111. The van der Waals surface area contributed by atoms with E-state index in [2.05, 4.69) is 0 Å². The van der Waals surface area contributed by atoms with E-state index in [9.17, 15) is 13.6 Å². The lowest BCUT2D eigenvalue weighted by atomic mass is 10.00. The van der Waals surface area contributed by atoms with Crippen molar-refractivity contribution < 1.29 is 18.3 Å². The Morgan fingerprint density at radius 3 is 2.37 bits per heavy atom. The summed E-state index contributed by atoms with van der Waals surface area (Å²) in [5, 5.41) is 0. The molecule has 0 heterocycles. The maximum Gasteiger partial charge on any atom is 0.217 e. The molecule has 1 atom stereocenters. The molecular weight excluding hydrogens is 254 g/mol. The molecule has 106 valence electrons. The van der Waals surface area contributed by atoms with Crippen molar-refractivity contribution in [2.75, 3.05) is 7.11 Å². The summed E-state index contributed by atoms with van der Waals surface area (Å²) in [4.78, 5) is 10.5. The van der Waals surface area contributed by atoms with Gasteiger partial charge in [-0.1, -0.05) is 6.42 Å². The minimum Gasteiger partial charge on any atom is -0.497 e. The van der Waals surface area contributed by atoms with Crippen LogP contribution in [0.2, 0.25) is 0 Å². The Bertz CT molecular complexity index is 429. The van der Waals surface area contributed by atoms with Crippen molar-refractivity contribution in [2.45, 2.75) is 31.7 Å². The van der Waals surface area contributed by atoms with Gasteiger partial charge in [-0.2, -0.15) is 0 Å². The quantitative estimate of drug-likeness (QED) is 0.745. The summed E-state index contributed by atoms with van der Waals surface area (Å²) < 4.78 is 32.2. The Kier molecular flexibility index (Phi) is 5.69. The van der Waals surface area contributed by atoms with E-state index in [0.717, 1.165) is 12.1 Å². The monoisotopic (exact) mass is 272 g/mol. The standard InChI is InChI=1S/C13H18F2N2O2/c1-19-8-6-9(14)13(10(15)7-8)11(16)4-2-3-5-12(17)18/h6-7,11H,2-5,16H2,1H3,(H2,17,18). The third-order valence-corrected chi connectivity index (χ3v) is 2.85. The van der Waals surface area contributed by atoms with Crippen LogP contribution in [0.3, 0.4) is 0 Å². The van der Waals surface area contributed by atoms with Crippen molar-refractivity contribution in [3.63, 3.8) is 0 Å². The van der Waals surface area contributed by atoms with E-state index in [0.29, 0.717) is 19.3 Å². The first kappa shape index (κ1) is 15.4. The molecule has 0 aliphatic carbocycles. The smallest absolute Gasteiger partial charge is 0.217 e. The van der Waals surface area contributed by atoms with Gasteiger partial charge in [-0.15, -0.1) is 0 Å². The van der Waals surface area contributed by atoms with E-state index in [1.165, 1.54) is 7.11 Å². The molecule has 0 saturated heterocycles. The van der Waals surface area contributed by atoms with Crippen LogP contribution in [0.15, 0.2) is 12.1 Å².